The summed E-state index contributed by atoms with van der Waals surface area (Å²) in [5.41, 5.74) is 0.275. The first kappa shape index (κ1) is 8.75. The van der Waals surface area contributed by atoms with E-state index in [9.17, 15) is 4.79 Å². The number of methoxy groups -OCH3 is 1. The Hall–Kier alpha value is -1.25. The highest BCUT2D eigenvalue weighted by Gasteiger charge is 2.07. The van der Waals surface area contributed by atoms with Gasteiger partial charge in [0, 0.05) is 7.05 Å². The normalized spacial score (nSPS) is 8.20. The molecule has 0 spiro atoms. The molecule has 3 nitrogen and oxygen atoms in total. The highest BCUT2D eigenvalue weighted by molar-refractivity contribution is 5.87. The fourth-order valence-electron chi connectivity index (χ4n) is 0.372. The van der Waals surface area contributed by atoms with Crippen LogP contribution in [0.5, 0.6) is 0 Å². The van der Waals surface area contributed by atoms with E-state index in [4.69, 9.17) is 0 Å². The van der Waals surface area contributed by atoms with Crippen molar-refractivity contribution >= 4 is 5.97 Å². The lowest BCUT2D eigenvalue weighted by molar-refractivity contribution is -0.137. The summed E-state index contributed by atoms with van der Waals surface area (Å²) >= 11 is 0. The van der Waals surface area contributed by atoms with Crippen molar-refractivity contribution in [3.8, 4) is 0 Å². The lowest BCUT2D eigenvalue weighted by atomic mass is 10.4. The van der Waals surface area contributed by atoms with Crippen LogP contribution in [-0.2, 0) is 9.53 Å². The average Bonchev–Trinajstić information content (AvgIpc) is 2.00. The first-order valence-corrected chi connectivity index (χ1v) is 2.76. The zero-order valence-corrected chi connectivity index (χ0v) is 6.26. The summed E-state index contributed by atoms with van der Waals surface area (Å²) in [5, 5.41) is 0. The maximum absolute atomic E-state index is 10.7. The minimum atomic E-state index is -0.442. The molecule has 0 N–H and O–H groups in total. The molecular weight excluding hydrogens is 130 g/mol. The zero-order valence-electron chi connectivity index (χ0n) is 6.26. The maximum Gasteiger partial charge on any atom is 0.354 e. The average molecular weight is 141 g/mol. The van der Waals surface area contributed by atoms with Crippen molar-refractivity contribution in [3.63, 3.8) is 0 Å². The van der Waals surface area contributed by atoms with Crippen LogP contribution in [0.25, 0.3) is 0 Å². The summed E-state index contributed by atoms with van der Waals surface area (Å²) in [6.07, 6.45) is 1.49. The molecule has 0 saturated heterocycles. The molecule has 0 radical (unpaired) electrons. The molecule has 0 saturated carbocycles. The molecule has 0 aliphatic carbocycles. The van der Waals surface area contributed by atoms with Crippen molar-refractivity contribution < 1.29 is 9.53 Å². The standard InChI is InChI=1S/C7H11NO2/c1-5-8(3)6(2)7(9)10-4/h5H,1-2H2,3-4H3. The molecule has 56 valence electrons. The first-order chi connectivity index (χ1) is 4.63. The number of carbonyl (C=O) groups is 1. The summed E-state index contributed by atoms with van der Waals surface area (Å²) in [7, 11) is 2.98. The SMILES string of the molecule is C=CN(C)C(=C)C(=O)OC. The summed E-state index contributed by atoms with van der Waals surface area (Å²) in [4.78, 5) is 12.2. The van der Waals surface area contributed by atoms with Crippen LogP contribution in [0.2, 0.25) is 0 Å². The second-order valence-corrected chi connectivity index (χ2v) is 1.73. The molecule has 0 rings (SSSR count). The molecule has 0 aromatic heterocycles. The van der Waals surface area contributed by atoms with E-state index in [-0.39, 0.29) is 5.70 Å². The van der Waals surface area contributed by atoms with Crippen LogP contribution in [0.1, 0.15) is 0 Å². The lowest BCUT2D eigenvalue weighted by Crippen LogP contribution is -2.17. The van der Waals surface area contributed by atoms with Gasteiger partial charge in [-0.1, -0.05) is 13.2 Å². The van der Waals surface area contributed by atoms with Crippen molar-refractivity contribution in [3.05, 3.63) is 25.1 Å². The van der Waals surface area contributed by atoms with Crippen LogP contribution in [-0.4, -0.2) is 25.0 Å². The van der Waals surface area contributed by atoms with Crippen molar-refractivity contribution in [2.24, 2.45) is 0 Å². The molecule has 0 heterocycles. The molecule has 0 aromatic carbocycles. The van der Waals surface area contributed by atoms with Crippen LogP contribution >= 0.6 is 0 Å². The Morgan fingerprint density at radius 2 is 2.20 bits per heavy atom. The van der Waals surface area contributed by atoms with Crippen LogP contribution in [0, 0.1) is 0 Å². The molecule has 10 heavy (non-hydrogen) atoms. The third kappa shape index (κ3) is 1.93. The third-order valence-corrected chi connectivity index (χ3v) is 1.12. The van der Waals surface area contributed by atoms with Gasteiger partial charge in [-0.15, -0.1) is 0 Å². The molecule has 0 unspecified atom stereocenters. The number of hydrogen-bond donors (Lipinski definition) is 0. The zero-order chi connectivity index (χ0) is 8.15. The summed E-state index contributed by atoms with van der Waals surface area (Å²) in [5.74, 6) is -0.442. The van der Waals surface area contributed by atoms with Crippen molar-refractivity contribution in [1.29, 1.82) is 0 Å². The van der Waals surface area contributed by atoms with E-state index in [0.29, 0.717) is 0 Å². The third-order valence-electron chi connectivity index (χ3n) is 1.12. The summed E-state index contributed by atoms with van der Waals surface area (Å²) in [6.45, 7) is 6.93. The van der Waals surface area contributed by atoms with Gasteiger partial charge in [0.15, 0.2) is 0 Å². The summed E-state index contributed by atoms with van der Waals surface area (Å²) < 4.78 is 4.41. The van der Waals surface area contributed by atoms with Gasteiger partial charge in [-0.2, -0.15) is 0 Å². The van der Waals surface area contributed by atoms with Gasteiger partial charge in [-0.25, -0.2) is 4.79 Å². The van der Waals surface area contributed by atoms with Crippen LogP contribution < -0.4 is 0 Å². The number of likely N-dealkylation sites (N-methyl/N-ethyl adjacent to an activating group) is 1. The van der Waals surface area contributed by atoms with E-state index in [1.807, 2.05) is 0 Å². The van der Waals surface area contributed by atoms with Gasteiger partial charge in [-0.05, 0) is 6.20 Å². The van der Waals surface area contributed by atoms with Gasteiger partial charge in [0.1, 0.15) is 5.70 Å². The number of ether oxygens (including phenoxy) is 1. The number of esters is 1. The Morgan fingerprint density at radius 1 is 1.70 bits per heavy atom. The predicted octanol–water partition coefficient (Wildman–Crippen LogP) is 0.748. The van der Waals surface area contributed by atoms with E-state index >= 15 is 0 Å². The number of carbonyl (C=O) groups excluding carboxylic acids is 1. The van der Waals surface area contributed by atoms with Crippen molar-refractivity contribution in [1.82, 2.24) is 4.90 Å². The van der Waals surface area contributed by atoms with Crippen LogP contribution in [0.4, 0.5) is 0 Å². The quantitative estimate of drug-likeness (QED) is 0.429. The molecule has 0 fully saturated rings. The molecule has 0 aromatic rings. The van der Waals surface area contributed by atoms with Gasteiger partial charge >= 0.3 is 5.97 Å². The molecule has 0 aliphatic heterocycles. The second-order valence-electron chi connectivity index (χ2n) is 1.73. The molecule has 0 aliphatic rings. The van der Waals surface area contributed by atoms with E-state index in [0.717, 1.165) is 0 Å². The van der Waals surface area contributed by atoms with E-state index in [2.05, 4.69) is 17.9 Å². The molecule has 0 amide bonds. The topological polar surface area (TPSA) is 29.5 Å². The molecule has 0 bridgehead atoms. The van der Waals surface area contributed by atoms with Gasteiger partial charge in [0.05, 0.1) is 7.11 Å². The predicted molar refractivity (Wildman–Crippen MR) is 39.1 cm³/mol. The van der Waals surface area contributed by atoms with Crippen molar-refractivity contribution in [2.45, 2.75) is 0 Å². The van der Waals surface area contributed by atoms with Crippen LogP contribution in [0.15, 0.2) is 25.1 Å². The Labute approximate surface area is 60.6 Å². The van der Waals surface area contributed by atoms with Gasteiger partial charge in [0.2, 0.25) is 0 Å². The molecule has 0 atom stereocenters. The maximum atomic E-state index is 10.7. The summed E-state index contributed by atoms with van der Waals surface area (Å²) in [6, 6.07) is 0. The number of hydrogen-bond acceptors (Lipinski definition) is 3. The molecular formula is C7H11NO2. The van der Waals surface area contributed by atoms with Crippen LogP contribution in [0.3, 0.4) is 0 Å². The highest BCUT2D eigenvalue weighted by atomic mass is 16.5. The number of rotatable bonds is 3. The van der Waals surface area contributed by atoms with Gasteiger partial charge in [0.25, 0.3) is 0 Å². The fourth-order valence-corrected chi connectivity index (χ4v) is 0.372. The van der Waals surface area contributed by atoms with E-state index in [1.54, 1.807) is 7.05 Å². The second kappa shape index (κ2) is 3.71. The largest absolute Gasteiger partial charge is 0.464 e. The Kier molecular flexibility index (Phi) is 3.25. The number of nitrogens with zero attached hydrogens (tertiary/aromatic N) is 1. The Bertz CT molecular complexity index is 163. The van der Waals surface area contributed by atoms with E-state index in [1.165, 1.54) is 18.2 Å². The fraction of sp³-hybridized carbons (Fsp3) is 0.286. The van der Waals surface area contributed by atoms with Crippen molar-refractivity contribution in [2.75, 3.05) is 14.2 Å². The Morgan fingerprint density at radius 3 is 2.50 bits per heavy atom. The monoisotopic (exact) mass is 141 g/mol. The molecule has 3 heteroatoms. The van der Waals surface area contributed by atoms with Gasteiger partial charge in [-0.3, -0.25) is 0 Å². The van der Waals surface area contributed by atoms with Gasteiger partial charge < -0.3 is 9.64 Å². The Balaban J connectivity index is 4.07. The minimum Gasteiger partial charge on any atom is -0.464 e. The minimum absolute atomic E-state index is 0.275. The van der Waals surface area contributed by atoms with E-state index < -0.39 is 5.97 Å². The lowest BCUT2D eigenvalue weighted by Gasteiger charge is -2.13. The smallest absolute Gasteiger partial charge is 0.354 e. The first-order valence-electron chi connectivity index (χ1n) is 2.76. The highest BCUT2D eigenvalue weighted by Crippen LogP contribution is 1.99.